The van der Waals surface area contributed by atoms with E-state index in [0.717, 1.165) is 54.9 Å². The molecular weight excluding hydrogens is 306 g/mol. The maximum absolute atomic E-state index is 5.49. The summed E-state index contributed by atoms with van der Waals surface area (Å²) in [5.41, 5.74) is 2.28. The van der Waals surface area contributed by atoms with Crippen molar-refractivity contribution in [3.05, 3.63) is 28.7 Å². The van der Waals surface area contributed by atoms with E-state index >= 15 is 0 Å². The van der Waals surface area contributed by atoms with E-state index in [9.17, 15) is 0 Å². The third kappa shape index (κ3) is 3.88. The van der Waals surface area contributed by atoms with Crippen LogP contribution in [0.5, 0.6) is 0 Å². The fourth-order valence-corrected chi connectivity index (χ4v) is 2.80. The molecule has 1 atom stereocenters. The predicted octanol–water partition coefficient (Wildman–Crippen LogP) is 1.30. The average molecular weight is 331 g/mol. The molecule has 3 N–H and O–H groups in total. The Hall–Kier alpha value is -2.06. The largest absolute Gasteiger partial charge is 0.374 e. The lowest BCUT2D eigenvalue weighted by Crippen LogP contribution is -2.17. The monoisotopic (exact) mass is 331 g/mol. The van der Waals surface area contributed by atoms with Gasteiger partial charge in [0.15, 0.2) is 11.6 Å². The van der Waals surface area contributed by atoms with Crippen LogP contribution in [-0.4, -0.2) is 44.8 Å². The molecule has 24 heavy (non-hydrogen) atoms. The molecule has 3 rings (SSSR count). The van der Waals surface area contributed by atoms with Crippen molar-refractivity contribution >= 4 is 5.82 Å². The molecule has 0 amide bonds. The first kappa shape index (κ1) is 16.8. The smallest absolute Gasteiger partial charge is 0.172 e. The van der Waals surface area contributed by atoms with Gasteiger partial charge in [-0.25, -0.2) is 15.0 Å². The van der Waals surface area contributed by atoms with E-state index in [2.05, 4.69) is 25.8 Å². The summed E-state index contributed by atoms with van der Waals surface area (Å²) in [5, 5.41) is 14.0. The maximum atomic E-state index is 5.49. The van der Waals surface area contributed by atoms with Gasteiger partial charge in [0.25, 0.3) is 0 Å². The van der Waals surface area contributed by atoms with Crippen LogP contribution < -0.4 is 10.6 Å². The van der Waals surface area contributed by atoms with Crippen molar-refractivity contribution in [2.24, 2.45) is 0 Å². The highest BCUT2D eigenvalue weighted by atomic mass is 16.5. The van der Waals surface area contributed by atoms with E-state index in [1.165, 1.54) is 5.56 Å². The Morgan fingerprint density at radius 1 is 1.21 bits per heavy atom. The average Bonchev–Trinajstić information content (AvgIpc) is 2.87. The number of H-pyrrole nitrogens is 1. The number of anilines is 1. The fraction of sp³-hybridized carbons (Fsp3) is 0.625. The van der Waals surface area contributed by atoms with Crippen molar-refractivity contribution in [3.63, 3.8) is 0 Å². The standard InChI is InChI=1S/C16H25N7O/c1-4-24-9-14-20-13-6-8-17-7-5-12(13)16(21-14)18-10(2)15-19-11(3)22-23-15/h10,17H,4-9H2,1-3H3,(H,18,20,21)(H,19,22,23). The molecule has 1 aliphatic heterocycles. The van der Waals surface area contributed by atoms with Crippen LogP contribution in [0, 0.1) is 6.92 Å². The number of fused-ring (bicyclic) bond motifs is 1. The van der Waals surface area contributed by atoms with Gasteiger partial charge in [0.2, 0.25) is 0 Å². The van der Waals surface area contributed by atoms with Crippen LogP contribution in [0.15, 0.2) is 0 Å². The number of hydrogen-bond acceptors (Lipinski definition) is 7. The Bertz CT molecular complexity index is 685. The van der Waals surface area contributed by atoms with Crippen LogP contribution in [-0.2, 0) is 24.2 Å². The van der Waals surface area contributed by atoms with E-state index in [4.69, 9.17) is 14.7 Å². The van der Waals surface area contributed by atoms with Gasteiger partial charge in [0.05, 0.1) is 11.7 Å². The highest BCUT2D eigenvalue weighted by Gasteiger charge is 2.19. The summed E-state index contributed by atoms with van der Waals surface area (Å²) in [5.74, 6) is 3.13. The van der Waals surface area contributed by atoms with Gasteiger partial charge < -0.3 is 15.4 Å². The van der Waals surface area contributed by atoms with Crippen molar-refractivity contribution in [1.82, 2.24) is 30.5 Å². The Morgan fingerprint density at radius 2 is 2.04 bits per heavy atom. The summed E-state index contributed by atoms with van der Waals surface area (Å²) in [6.07, 6.45) is 1.81. The van der Waals surface area contributed by atoms with Crippen molar-refractivity contribution < 1.29 is 4.74 Å². The lowest BCUT2D eigenvalue weighted by atomic mass is 10.1. The van der Waals surface area contributed by atoms with Crippen LogP contribution in [0.25, 0.3) is 0 Å². The van der Waals surface area contributed by atoms with Gasteiger partial charge in [-0.05, 0) is 33.7 Å². The molecule has 0 fully saturated rings. The lowest BCUT2D eigenvalue weighted by molar-refractivity contribution is 0.128. The molecule has 0 spiro atoms. The van der Waals surface area contributed by atoms with Crippen molar-refractivity contribution in [1.29, 1.82) is 0 Å². The summed E-state index contributed by atoms with van der Waals surface area (Å²) in [7, 11) is 0. The summed E-state index contributed by atoms with van der Waals surface area (Å²) >= 11 is 0. The van der Waals surface area contributed by atoms with Gasteiger partial charge in [0, 0.05) is 25.1 Å². The molecule has 0 saturated carbocycles. The third-order valence-electron chi connectivity index (χ3n) is 4.02. The number of aryl methyl sites for hydroxylation is 1. The molecule has 0 aliphatic carbocycles. The number of nitrogens with one attached hydrogen (secondary N) is 3. The maximum Gasteiger partial charge on any atom is 0.172 e. The zero-order valence-corrected chi connectivity index (χ0v) is 14.5. The summed E-state index contributed by atoms with van der Waals surface area (Å²) < 4.78 is 5.49. The van der Waals surface area contributed by atoms with E-state index in [1.807, 2.05) is 20.8 Å². The zero-order chi connectivity index (χ0) is 16.9. The van der Waals surface area contributed by atoms with E-state index in [1.54, 1.807) is 0 Å². The molecule has 1 aliphatic rings. The Balaban J connectivity index is 1.88. The Kier molecular flexibility index (Phi) is 5.37. The van der Waals surface area contributed by atoms with E-state index < -0.39 is 0 Å². The highest BCUT2D eigenvalue weighted by molar-refractivity contribution is 5.48. The number of aromatic amines is 1. The Morgan fingerprint density at radius 3 is 2.79 bits per heavy atom. The SMILES string of the molecule is CCOCc1nc2c(c(NC(C)c3n[nH]c(C)n3)n1)CCNCC2. The summed E-state index contributed by atoms with van der Waals surface area (Å²) in [4.78, 5) is 13.8. The number of aromatic nitrogens is 5. The van der Waals surface area contributed by atoms with Crippen LogP contribution >= 0.6 is 0 Å². The third-order valence-corrected chi connectivity index (χ3v) is 4.02. The first-order chi connectivity index (χ1) is 11.7. The second-order valence-corrected chi connectivity index (χ2v) is 5.95. The first-order valence-electron chi connectivity index (χ1n) is 8.50. The molecule has 8 nitrogen and oxygen atoms in total. The minimum absolute atomic E-state index is 0.0369. The van der Waals surface area contributed by atoms with Gasteiger partial charge in [-0.3, -0.25) is 5.10 Å². The van der Waals surface area contributed by atoms with Crippen molar-refractivity contribution in [2.75, 3.05) is 25.0 Å². The minimum atomic E-state index is -0.0369. The molecule has 130 valence electrons. The van der Waals surface area contributed by atoms with E-state index in [0.29, 0.717) is 13.2 Å². The quantitative estimate of drug-likeness (QED) is 0.733. The number of rotatable bonds is 6. The molecule has 2 aromatic rings. The zero-order valence-electron chi connectivity index (χ0n) is 14.5. The molecule has 0 aromatic carbocycles. The van der Waals surface area contributed by atoms with Gasteiger partial charge in [-0.1, -0.05) is 0 Å². The second kappa shape index (κ2) is 7.67. The molecule has 2 aromatic heterocycles. The summed E-state index contributed by atoms with van der Waals surface area (Å²) in [6.45, 7) is 8.86. The van der Waals surface area contributed by atoms with Gasteiger partial charge >= 0.3 is 0 Å². The normalized spacial score (nSPS) is 15.6. The topological polar surface area (TPSA) is 101 Å². The Labute approximate surface area is 141 Å². The second-order valence-electron chi connectivity index (χ2n) is 5.95. The van der Waals surface area contributed by atoms with Crippen molar-refractivity contribution in [2.45, 2.75) is 46.3 Å². The summed E-state index contributed by atoms with van der Waals surface area (Å²) in [6, 6.07) is -0.0369. The van der Waals surface area contributed by atoms with Gasteiger partial charge in [-0.15, -0.1) is 0 Å². The molecule has 0 radical (unpaired) electrons. The first-order valence-corrected chi connectivity index (χ1v) is 8.50. The van der Waals surface area contributed by atoms with E-state index in [-0.39, 0.29) is 6.04 Å². The van der Waals surface area contributed by atoms with Crippen LogP contribution in [0.1, 0.15) is 48.6 Å². The minimum Gasteiger partial charge on any atom is -0.374 e. The van der Waals surface area contributed by atoms with Crippen LogP contribution in [0.2, 0.25) is 0 Å². The molecular formula is C16H25N7O. The van der Waals surface area contributed by atoms with Gasteiger partial charge in [-0.2, -0.15) is 5.10 Å². The van der Waals surface area contributed by atoms with Crippen molar-refractivity contribution in [3.8, 4) is 0 Å². The fourth-order valence-electron chi connectivity index (χ4n) is 2.80. The number of nitrogens with zero attached hydrogens (tertiary/aromatic N) is 4. The number of hydrogen-bond donors (Lipinski definition) is 3. The molecule has 1 unspecified atom stereocenters. The number of ether oxygens (including phenoxy) is 1. The van der Waals surface area contributed by atoms with Crippen LogP contribution in [0.4, 0.5) is 5.82 Å². The van der Waals surface area contributed by atoms with Gasteiger partial charge in [0.1, 0.15) is 18.2 Å². The lowest BCUT2D eigenvalue weighted by Gasteiger charge is -2.17. The predicted molar refractivity (Wildman–Crippen MR) is 90.8 cm³/mol. The molecule has 3 heterocycles. The molecule has 0 saturated heterocycles. The van der Waals surface area contributed by atoms with Crippen LogP contribution in [0.3, 0.4) is 0 Å². The highest BCUT2D eigenvalue weighted by Crippen LogP contribution is 2.23. The molecule has 0 bridgehead atoms. The molecule has 8 heteroatoms.